The molecule has 0 bridgehead atoms. The number of carbonyl (C=O) groups excluding carboxylic acids is 2. The van der Waals surface area contributed by atoms with Crippen molar-refractivity contribution in [2.75, 3.05) is 5.01 Å². The lowest BCUT2D eigenvalue weighted by molar-refractivity contribution is -0.385. The third-order valence-electron chi connectivity index (χ3n) is 4.97. The van der Waals surface area contributed by atoms with Gasteiger partial charge in [-0.15, -0.1) is 0 Å². The van der Waals surface area contributed by atoms with E-state index < -0.39 is 22.4 Å². The van der Waals surface area contributed by atoms with Crippen LogP contribution >= 0.6 is 11.6 Å². The SMILES string of the molecule is N#Cc1ccccc1COc1c(Cl)cc(C=C2C(=O)NN(c3ccccc3)C2=O)cc1[N+](=O)[O-]. The number of halogens is 1. The molecule has 0 atom stereocenters. The molecule has 1 N–H and O–H groups in total. The Kier molecular flexibility index (Phi) is 6.25. The Morgan fingerprint density at radius 2 is 1.82 bits per heavy atom. The number of hydrazine groups is 1. The third kappa shape index (κ3) is 4.44. The van der Waals surface area contributed by atoms with Crippen LogP contribution in [0.15, 0.2) is 72.3 Å². The van der Waals surface area contributed by atoms with Gasteiger partial charge in [-0.05, 0) is 35.9 Å². The summed E-state index contributed by atoms with van der Waals surface area (Å²) in [5, 5.41) is 21.9. The summed E-state index contributed by atoms with van der Waals surface area (Å²) >= 11 is 6.28. The van der Waals surface area contributed by atoms with Gasteiger partial charge in [0, 0.05) is 11.6 Å². The van der Waals surface area contributed by atoms with Crippen LogP contribution in [0.3, 0.4) is 0 Å². The fourth-order valence-electron chi connectivity index (χ4n) is 3.35. The van der Waals surface area contributed by atoms with Crippen LogP contribution in [0.2, 0.25) is 5.02 Å². The molecule has 3 aromatic rings. The molecule has 10 heteroatoms. The van der Waals surface area contributed by atoms with Gasteiger partial charge in [0.15, 0.2) is 0 Å². The fraction of sp³-hybridized carbons (Fsp3) is 0.0417. The molecule has 0 aromatic heterocycles. The summed E-state index contributed by atoms with van der Waals surface area (Å²) < 4.78 is 5.60. The van der Waals surface area contributed by atoms with E-state index >= 15 is 0 Å². The topological polar surface area (TPSA) is 126 Å². The van der Waals surface area contributed by atoms with Crippen molar-refractivity contribution in [2.24, 2.45) is 0 Å². The average molecular weight is 475 g/mol. The lowest BCUT2D eigenvalue weighted by Crippen LogP contribution is -2.35. The van der Waals surface area contributed by atoms with Gasteiger partial charge >= 0.3 is 5.69 Å². The lowest BCUT2D eigenvalue weighted by Gasteiger charge is -2.13. The predicted molar refractivity (Wildman–Crippen MR) is 124 cm³/mol. The molecular formula is C24H15ClN4O5. The summed E-state index contributed by atoms with van der Waals surface area (Å²) in [5.74, 6) is -1.45. The fourth-order valence-corrected chi connectivity index (χ4v) is 3.63. The van der Waals surface area contributed by atoms with E-state index in [1.54, 1.807) is 54.6 Å². The highest BCUT2D eigenvalue weighted by Crippen LogP contribution is 2.37. The Balaban J connectivity index is 1.65. The number of hydrogen-bond acceptors (Lipinski definition) is 6. The summed E-state index contributed by atoms with van der Waals surface area (Å²) in [5.41, 5.74) is 3.37. The van der Waals surface area contributed by atoms with E-state index in [-0.39, 0.29) is 28.5 Å². The molecule has 0 radical (unpaired) electrons. The Bertz CT molecular complexity index is 1380. The smallest absolute Gasteiger partial charge is 0.313 e. The highest BCUT2D eigenvalue weighted by molar-refractivity contribution is 6.33. The minimum absolute atomic E-state index is 0.0822. The van der Waals surface area contributed by atoms with E-state index in [0.717, 1.165) is 11.1 Å². The van der Waals surface area contributed by atoms with E-state index in [9.17, 15) is 25.0 Å². The number of rotatable bonds is 6. The van der Waals surface area contributed by atoms with Gasteiger partial charge in [-0.1, -0.05) is 48.0 Å². The second-order valence-electron chi connectivity index (χ2n) is 7.14. The normalized spacial score (nSPS) is 14.1. The molecule has 2 amide bonds. The largest absolute Gasteiger partial charge is 0.481 e. The van der Waals surface area contributed by atoms with Gasteiger partial charge in [-0.25, -0.2) is 5.01 Å². The summed E-state index contributed by atoms with van der Waals surface area (Å²) in [6.07, 6.45) is 1.23. The molecule has 1 saturated heterocycles. The van der Waals surface area contributed by atoms with Crippen molar-refractivity contribution in [3.63, 3.8) is 0 Å². The molecule has 0 aliphatic carbocycles. The number of nitrogens with zero attached hydrogens (tertiary/aromatic N) is 3. The van der Waals surface area contributed by atoms with Crippen LogP contribution in [0.25, 0.3) is 6.08 Å². The molecule has 34 heavy (non-hydrogen) atoms. The Hall–Kier alpha value is -4.68. The Morgan fingerprint density at radius 3 is 2.53 bits per heavy atom. The van der Waals surface area contributed by atoms with Crippen LogP contribution in [-0.4, -0.2) is 16.7 Å². The molecule has 0 spiro atoms. The molecule has 4 rings (SSSR count). The zero-order valence-corrected chi connectivity index (χ0v) is 18.2. The quantitative estimate of drug-likeness (QED) is 0.247. The van der Waals surface area contributed by atoms with Crippen LogP contribution in [0, 0.1) is 21.4 Å². The van der Waals surface area contributed by atoms with Gasteiger partial charge in [0.2, 0.25) is 5.75 Å². The van der Waals surface area contributed by atoms with Crippen molar-refractivity contribution >= 4 is 40.9 Å². The van der Waals surface area contributed by atoms with Gasteiger partial charge in [-0.3, -0.25) is 25.1 Å². The van der Waals surface area contributed by atoms with Crippen LogP contribution in [-0.2, 0) is 16.2 Å². The first kappa shape index (κ1) is 22.5. The average Bonchev–Trinajstić information content (AvgIpc) is 3.12. The molecule has 168 valence electrons. The van der Waals surface area contributed by atoms with Crippen molar-refractivity contribution < 1.29 is 19.2 Å². The molecular weight excluding hydrogens is 460 g/mol. The number of anilines is 1. The molecule has 3 aromatic carbocycles. The number of amides is 2. The first-order valence-electron chi connectivity index (χ1n) is 9.90. The molecule has 1 aliphatic rings. The van der Waals surface area contributed by atoms with Gasteiger partial charge in [0.25, 0.3) is 11.8 Å². The van der Waals surface area contributed by atoms with Gasteiger partial charge < -0.3 is 4.74 Å². The number of hydrogen-bond donors (Lipinski definition) is 1. The second kappa shape index (κ2) is 9.44. The van der Waals surface area contributed by atoms with Gasteiger partial charge in [0.05, 0.1) is 27.3 Å². The molecule has 0 unspecified atom stereocenters. The van der Waals surface area contributed by atoms with Crippen LogP contribution in [0.1, 0.15) is 16.7 Å². The zero-order valence-electron chi connectivity index (χ0n) is 17.4. The van der Waals surface area contributed by atoms with Crippen LogP contribution in [0.5, 0.6) is 5.75 Å². The summed E-state index contributed by atoms with van der Waals surface area (Å²) in [6, 6.07) is 19.7. The number of ether oxygens (including phenoxy) is 1. The van der Waals surface area contributed by atoms with Crippen molar-refractivity contribution in [3.8, 4) is 11.8 Å². The lowest BCUT2D eigenvalue weighted by atomic mass is 10.1. The van der Waals surface area contributed by atoms with Gasteiger partial charge in [0.1, 0.15) is 12.2 Å². The van der Waals surface area contributed by atoms with Crippen molar-refractivity contribution in [3.05, 3.63) is 104 Å². The third-order valence-corrected chi connectivity index (χ3v) is 5.25. The second-order valence-corrected chi connectivity index (χ2v) is 7.55. The number of nitro groups is 1. The molecule has 1 fully saturated rings. The molecule has 1 heterocycles. The van der Waals surface area contributed by atoms with Crippen molar-refractivity contribution in [1.29, 1.82) is 5.26 Å². The predicted octanol–water partition coefficient (Wildman–Crippen LogP) is 4.16. The van der Waals surface area contributed by atoms with E-state index in [0.29, 0.717) is 16.8 Å². The van der Waals surface area contributed by atoms with Crippen LogP contribution in [0.4, 0.5) is 11.4 Å². The molecule has 1 aliphatic heterocycles. The number of nitro benzene ring substituents is 1. The van der Waals surface area contributed by atoms with E-state index in [4.69, 9.17) is 16.3 Å². The summed E-state index contributed by atoms with van der Waals surface area (Å²) in [4.78, 5) is 36.2. The van der Waals surface area contributed by atoms with E-state index in [2.05, 4.69) is 5.43 Å². The van der Waals surface area contributed by atoms with Crippen molar-refractivity contribution in [1.82, 2.24) is 5.43 Å². The minimum atomic E-state index is -0.674. The highest BCUT2D eigenvalue weighted by Gasteiger charge is 2.34. The molecule has 0 saturated carbocycles. The summed E-state index contributed by atoms with van der Waals surface area (Å²) in [6.45, 7) is -0.113. The van der Waals surface area contributed by atoms with E-state index in [1.165, 1.54) is 12.1 Å². The van der Waals surface area contributed by atoms with Crippen molar-refractivity contribution in [2.45, 2.75) is 6.61 Å². The first-order chi connectivity index (χ1) is 16.4. The Labute approximate surface area is 198 Å². The number of nitrogens with one attached hydrogen (secondary N) is 1. The minimum Gasteiger partial charge on any atom is -0.481 e. The number of benzene rings is 3. The van der Waals surface area contributed by atoms with Crippen LogP contribution < -0.4 is 15.2 Å². The maximum absolute atomic E-state index is 12.8. The number of carbonyl (C=O) groups is 2. The standard InChI is InChI=1S/C24H15ClN4O5/c25-20-11-15(10-19-23(30)27-28(24(19)31)18-8-2-1-3-9-18)12-21(29(32)33)22(20)34-14-17-7-5-4-6-16(17)13-26/h1-12H,14H2,(H,27,30). The maximum Gasteiger partial charge on any atom is 0.313 e. The summed E-state index contributed by atoms with van der Waals surface area (Å²) in [7, 11) is 0. The maximum atomic E-state index is 12.8. The number of nitriles is 1. The zero-order chi connectivity index (χ0) is 24.2. The molecule has 9 nitrogen and oxygen atoms in total. The van der Waals surface area contributed by atoms with E-state index in [1.807, 2.05) is 6.07 Å². The Morgan fingerprint density at radius 1 is 1.12 bits per heavy atom. The number of para-hydroxylation sites is 1. The first-order valence-corrected chi connectivity index (χ1v) is 10.3. The van der Waals surface area contributed by atoms with Gasteiger partial charge in [-0.2, -0.15) is 5.26 Å². The monoisotopic (exact) mass is 474 g/mol. The highest BCUT2D eigenvalue weighted by atomic mass is 35.5.